The molecule has 2 aromatic carbocycles. The second-order valence-electron chi connectivity index (χ2n) is 7.13. The molecule has 0 atom stereocenters. The molecule has 0 aliphatic carbocycles. The Morgan fingerprint density at radius 1 is 1.03 bits per heavy atom. The van der Waals surface area contributed by atoms with E-state index in [1.807, 2.05) is 68.4 Å². The minimum atomic E-state index is -0.350. The van der Waals surface area contributed by atoms with Crippen molar-refractivity contribution in [3.63, 3.8) is 0 Å². The first-order valence-corrected chi connectivity index (χ1v) is 10.7. The zero-order chi connectivity index (χ0) is 22.1. The molecule has 0 bridgehead atoms. The van der Waals surface area contributed by atoms with Crippen molar-refractivity contribution in [2.45, 2.75) is 20.4 Å². The summed E-state index contributed by atoms with van der Waals surface area (Å²) in [5, 5.41) is 3.05. The highest BCUT2D eigenvalue weighted by Gasteiger charge is 2.16. The number of hydrogen-bond donors (Lipinski definition) is 1. The van der Waals surface area contributed by atoms with E-state index in [0.717, 1.165) is 21.4 Å². The van der Waals surface area contributed by atoms with Crippen LogP contribution in [0.3, 0.4) is 0 Å². The Labute approximate surface area is 187 Å². The lowest BCUT2D eigenvalue weighted by Crippen LogP contribution is -2.32. The molecule has 4 rings (SSSR count). The van der Waals surface area contributed by atoms with Gasteiger partial charge in [-0.1, -0.05) is 46.3 Å². The number of H-pyrrole nitrogens is 1. The fourth-order valence-electron chi connectivity index (χ4n) is 3.51. The molecule has 2 aromatic heterocycles. The van der Waals surface area contributed by atoms with Gasteiger partial charge in [-0.2, -0.15) is 0 Å². The average molecular weight is 480 g/mol. The van der Waals surface area contributed by atoms with Gasteiger partial charge in [0.1, 0.15) is 5.36 Å². The van der Waals surface area contributed by atoms with Gasteiger partial charge in [-0.25, -0.2) is 9.67 Å². The van der Waals surface area contributed by atoms with Crippen LogP contribution in [0.1, 0.15) is 12.6 Å². The van der Waals surface area contributed by atoms with E-state index in [9.17, 15) is 9.59 Å². The van der Waals surface area contributed by atoms with Crippen LogP contribution in [0.5, 0.6) is 0 Å². The highest BCUT2D eigenvalue weighted by Crippen LogP contribution is 2.20. The van der Waals surface area contributed by atoms with Crippen LogP contribution in [0.2, 0.25) is 0 Å². The molecule has 31 heavy (non-hydrogen) atoms. The van der Waals surface area contributed by atoms with E-state index in [1.54, 1.807) is 27.2 Å². The van der Waals surface area contributed by atoms with Gasteiger partial charge >= 0.3 is 0 Å². The fourth-order valence-corrected chi connectivity index (χ4v) is 3.77. The Hall–Kier alpha value is -3.39. The lowest BCUT2D eigenvalue weighted by Gasteiger charge is -2.11. The Balaban J connectivity index is 1.94. The van der Waals surface area contributed by atoms with E-state index in [4.69, 9.17) is 0 Å². The van der Waals surface area contributed by atoms with Crippen LogP contribution in [-0.2, 0) is 13.6 Å². The Morgan fingerprint density at radius 3 is 2.35 bits per heavy atom. The van der Waals surface area contributed by atoms with Crippen molar-refractivity contribution < 1.29 is 0 Å². The van der Waals surface area contributed by atoms with E-state index in [2.05, 4.69) is 26.0 Å². The quantitative estimate of drug-likeness (QED) is 0.484. The van der Waals surface area contributed by atoms with Gasteiger partial charge < -0.3 is 0 Å². The van der Waals surface area contributed by atoms with Gasteiger partial charge in [-0.3, -0.25) is 24.1 Å². The van der Waals surface area contributed by atoms with Crippen molar-refractivity contribution in [1.82, 2.24) is 19.1 Å². The van der Waals surface area contributed by atoms with Gasteiger partial charge in [-0.05, 0) is 49.7 Å². The minimum absolute atomic E-state index is 0.189. The normalized spacial score (nSPS) is 11.8. The minimum Gasteiger partial charge on any atom is -0.285 e. The second kappa shape index (κ2) is 8.39. The van der Waals surface area contributed by atoms with Crippen molar-refractivity contribution in [3.8, 4) is 16.9 Å². The molecule has 0 saturated heterocycles. The van der Waals surface area contributed by atoms with Crippen molar-refractivity contribution >= 4 is 21.6 Å². The highest BCUT2D eigenvalue weighted by atomic mass is 79.9. The number of aromatic nitrogens is 4. The molecule has 0 spiro atoms. The third-order valence-electron chi connectivity index (χ3n) is 5.25. The van der Waals surface area contributed by atoms with E-state index < -0.39 is 0 Å². The number of nitrogens with one attached hydrogen (secondary N) is 1. The van der Waals surface area contributed by atoms with Crippen molar-refractivity contribution in [2.24, 2.45) is 12.0 Å². The first-order valence-electron chi connectivity index (χ1n) is 9.89. The molecule has 0 saturated carbocycles. The van der Waals surface area contributed by atoms with E-state index in [0.29, 0.717) is 12.2 Å². The largest absolute Gasteiger partial charge is 0.297 e. The first-order chi connectivity index (χ1) is 14.9. The first kappa shape index (κ1) is 20.9. The van der Waals surface area contributed by atoms with Crippen LogP contribution >= 0.6 is 15.9 Å². The van der Waals surface area contributed by atoms with Crippen molar-refractivity contribution in [2.75, 3.05) is 0 Å². The van der Waals surface area contributed by atoms with Crippen LogP contribution < -0.4 is 16.5 Å². The number of aryl methyl sites for hydroxylation is 1. The van der Waals surface area contributed by atoms with Crippen LogP contribution in [0.25, 0.3) is 16.9 Å². The summed E-state index contributed by atoms with van der Waals surface area (Å²) in [5.41, 5.74) is 2.77. The van der Waals surface area contributed by atoms with E-state index in [1.165, 1.54) is 0 Å². The predicted molar refractivity (Wildman–Crippen MR) is 125 cm³/mol. The average Bonchev–Trinajstić information content (AvgIpc) is 2.99. The third kappa shape index (κ3) is 3.86. The van der Waals surface area contributed by atoms with Gasteiger partial charge in [0.15, 0.2) is 5.69 Å². The number of benzene rings is 2. The maximum Gasteiger partial charge on any atom is 0.297 e. The smallest absolute Gasteiger partial charge is 0.285 e. The van der Waals surface area contributed by atoms with Gasteiger partial charge in [0.05, 0.1) is 17.1 Å². The molecular weight excluding hydrogens is 458 g/mol. The lowest BCUT2D eigenvalue weighted by atomic mass is 10.1. The van der Waals surface area contributed by atoms with Crippen molar-refractivity contribution in [3.05, 3.63) is 96.9 Å². The molecule has 0 aliphatic heterocycles. The summed E-state index contributed by atoms with van der Waals surface area (Å²) in [4.78, 5) is 30.4. The summed E-state index contributed by atoms with van der Waals surface area (Å²) in [6.07, 6.45) is 0. The molecule has 1 N–H and O–H groups in total. The molecule has 0 unspecified atom stereocenters. The summed E-state index contributed by atoms with van der Waals surface area (Å²) in [5.74, 6) is 0. The maximum absolute atomic E-state index is 13.2. The molecule has 8 heteroatoms. The molecule has 0 amide bonds. The van der Waals surface area contributed by atoms with Crippen LogP contribution in [0.4, 0.5) is 5.69 Å². The summed E-state index contributed by atoms with van der Waals surface area (Å²) in [6.45, 7) is 4.36. The number of nitrogens with zero attached hydrogens (tertiary/aromatic N) is 4. The maximum atomic E-state index is 13.2. The predicted octanol–water partition coefficient (Wildman–Crippen LogP) is 3.66. The molecular formula is C23H22BrN5O2. The number of hydrogen-bond acceptors (Lipinski definition) is 3. The summed E-state index contributed by atoms with van der Waals surface area (Å²) in [7, 11) is 1.80. The monoisotopic (exact) mass is 479 g/mol. The SMILES string of the molecule is CCn1[nH]c(=O)c(=Nc2c(C)n(C)n(-c3ccccc3)c2=O)cc1-c1ccc(Br)cc1. The van der Waals surface area contributed by atoms with Gasteiger partial charge in [0.2, 0.25) is 0 Å². The van der Waals surface area contributed by atoms with Gasteiger partial charge in [-0.15, -0.1) is 0 Å². The molecule has 158 valence electrons. The van der Waals surface area contributed by atoms with E-state index >= 15 is 0 Å². The summed E-state index contributed by atoms with van der Waals surface area (Å²) < 4.78 is 6.03. The number of halogens is 1. The van der Waals surface area contributed by atoms with E-state index in [-0.39, 0.29) is 22.2 Å². The summed E-state index contributed by atoms with van der Waals surface area (Å²) >= 11 is 3.45. The van der Waals surface area contributed by atoms with Crippen LogP contribution in [0.15, 0.2) is 79.7 Å². The molecule has 0 fully saturated rings. The zero-order valence-corrected chi connectivity index (χ0v) is 19.0. The van der Waals surface area contributed by atoms with Crippen LogP contribution in [-0.4, -0.2) is 19.1 Å². The lowest BCUT2D eigenvalue weighted by molar-refractivity contribution is 0.630. The number of para-hydroxylation sites is 1. The van der Waals surface area contributed by atoms with Crippen molar-refractivity contribution in [1.29, 1.82) is 0 Å². The van der Waals surface area contributed by atoms with Gasteiger partial charge in [0.25, 0.3) is 11.1 Å². The molecule has 2 heterocycles. The number of aromatic amines is 1. The Bertz CT molecular complexity index is 1420. The topological polar surface area (TPSA) is 77.1 Å². The second-order valence-corrected chi connectivity index (χ2v) is 8.04. The Kier molecular flexibility index (Phi) is 5.65. The molecule has 4 aromatic rings. The standard InChI is InChI=1S/C23H22BrN5O2/c1-4-28-20(16-10-12-17(24)13-11-16)14-19(22(30)26-28)25-21-15(2)27(3)29(23(21)31)18-8-6-5-7-9-18/h5-14H,4H2,1-3H3,(H,26,30). The fraction of sp³-hybridized carbons (Fsp3) is 0.174. The highest BCUT2D eigenvalue weighted by molar-refractivity contribution is 9.10. The Morgan fingerprint density at radius 2 is 1.71 bits per heavy atom. The number of rotatable bonds is 4. The van der Waals surface area contributed by atoms with Gasteiger partial charge in [0, 0.05) is 18.1 Å². The third-order valence-corrected chi connectivity index (χ3v) is 5.77. The summed E-state index contributed by atoms with van der Waals surface area (Å²) in [6, 6.07) is 18.9. The molecule has 7 nitrogen and oxygen atoms in total. The zero-order valence-electron chi connectivity index (χ0n) is 17.5. The van der Waals surface area contributed by atoms with Crippen LogP contribution in [0, 0.1) is 6.92 Å². The molecule has 0 aliphatic rings. The molecule has 0 radical (unpaired) electrons.